The van der Waals surface area contributed by atoms with Crippen molar-refractivity contribution in [3.63, 3.8) is 0 Å². The van der Waals surface area contributed by atoms with Crippen molar-refractivity contribution in [3.8, 4) is 11.4 Å². The van der Waals surface area contributed by atoms with E-state index in [1.165, 1.54) is 12.1 Å². The molecule has 1 aliphatic carbocycles. The van der Waals surface area contributed by atoms with E-state index in [4.69, 9.17) is 5.14 Å². The number of imidazole rings is 1. The van der Waals surface area contributed by atoms with Gasteiger partial charge in [0.25, 0.3) is 0 Å². The predicted molar refractivity (Wildman–Crippen MR) is 97.5 cm³/mol. The summed E-state index contributed by atoms with van der Waals surface area (Å²) in [5, 5.41) is 8.61. The molecule has 4 rings (SSSR count). The number of aryl methyl sites for hydroxylation is 1. The zero-order valence-electron chi connectivity index (χ0n) is 14.6. The number of hydrogen-bond acceptors (Lipinski definition) is 5. The molecule has 0 saturated heterocycles. The molecule has 1 aromatic carbocycles. The van der Waals surface area contributed by atoms with E-state index in [0.717, 1.165) is 28.2 Å². The van der Waals surface area contributed by atoms with Crippen LogP contribution in [0.2, 0.25) is 0 Å². The minimum Gasteiger partial charge on any atom is -0.378 e. The maximum absolute atomic E-state index is 12.5. The normalized spacial score (nSPS) is 19.0. The van der Waals surface area contributed by atoms with Gasteiger partial charge in [0.15, 0.2) is 5.78 Å². The molecule has 0 unspecified atom stereocenters. The summed E-state index contributed by atoms with van der Waals surface area (Å²) in [6.45, 7) is 4.01. The second kappa shape index (κ2) is 5.52. The van der Waals surface area contributed by atoms with Crippen molar-refractivity contribution in [1.29, 1.82) is 0 Å². The number of benzene rings is 1. The van der Waals surface area contributed by atoms with Gasteiger partial charge in [-0.25, -0.2) is 18.5 Å². The number of H-pyrrole nitrogens is 1. The summed E-state index contributed by atoms with van der Waals surface area (Å²) in [5.41, 5.74) is 3.89. The third-order valence-electron chi connectivity index (χ3n) is 4.80. The molecule has 26 heavy (non-hydrogen) atoms. The maximum Gasteiger partial charge on any atom is 0.238 e. The van der Waals surface area contributed by atoms with Crippen LogP contribution in [0.3, 0.4) is 0 Å². The van der Waals surface area contributed by atoms with E-state index in [2.05, 4.69) is 15.3 Å². The highest BCUT2D eigenvalue weighted by atomic mass is 32.2. The number of primary sulfonamides is 1. The standard InChI is InChI=1S/C18H20N4O3S/c1-18(2)9-14(23)12-7-8-13-16(15(12)22-18)21-17(20-13)10-3-5-11(6-4-10)26(19,24)25/h3-6,22H,7-9H2,1-2H3,(H,20,21)(H2,19,24,25). The van der Waals surface area contributed by atoms with Crippen LogP contribution in [0.25, 0.3) is 17.1 Å². The molecule has 0 spiro atoms. The molecular weight excluding hydrogens is 352 g/mol. The molecule has 0 bridgehead atoms. The number of nitrogens with two attached hydrogens (primary N) is 1. The Morgan fingerprint density at radius 3 is 2.50 bits per heavy atom. The minimum absolute atomic E-state index is 0.0591. The van der Waals surface area contributed by atoms with Gasteiger partial charge >= 0.3 is 0 Å². The van der Waals surface area contributed by atoms with Crippen molar-refractivity contribution in [2.75, 3.05) is 0 Å². The number of sulfonamides is 1. The average Bonchev–Trinajstić information content (AvgIpc) is 2.98. The van der Waals surface area contributed by atoms with Gasteiger partial charge in [0.1, 0.15) is 5.82 Å². The summed E-state index contributed by atoms with van der Waals surface area (Å²) >= 11 is 0. The van der Waals surface area contributed by atoms with Gasteiger partial charge in [-0.1, -0.05) is 0 Å². The van der Waals surface area contributed by atoms with Crippen LogP contribution in [0.15, 0.2) is 34.7 Å². The van der Waals surface area contributed by atoms with Crippen LogP contribution in [0, 0.1) is 0 Å². The number of nitrogens with one attached hydrogen (secondary N) is 2. The van der Waals surface area contributed by atoms with E-state index in [9.17, 15) is 13.2 Å². The van der Waals surface area contributed by atoms with Crippen molar-refractivity contribution in [2.24, 2.45) is 5.14 Å². The number of carbonyl (C=O) groups is 1. The number of carbonyl (C=O) groups excluding carboxylic acids is 1. The molecule has 2 aliphatic rings. The van der Waals surface area contributed by atoms with Crippen molar-refractivity contribution in [1.82, 2.24) is 15.3 Å². The van der Waals surface area contributed by atoms with Crippen molar-refractivity contribution >= 4 is 21.5 Å². The van der Waals surface area contributed by atoms with Gasteiger partial charge in [-0.15, -0.1) is 0 Å². The fraction of sp³-hybridized carbons (Fsp3) is 0.333. The quantitative estimate of drug-likeness (QED) is 0.742. The Labute approximate surface area is 151 Å². The smallest absolute Gasteiger partial charge is 0.238 e. The lowest BCUT2D eigenvalue weighted by molar-refractivity contribution is -0.117. The van der Waals surface area contributed by atoms with Crippen LogP contribution in [0.5, 0.6) is 0 Å². The Bertz CT molecular complexity index is 1050. The number of hydrogen-bond donors (Lipinski definition) is 3. The zero-order valence-corrected chi connectivity index (χ0v) is 15.4. The van der Waals surface area contributed by atoms with Gasteiger partial charge in [0.05, 0.1) is 22.0 Å². The molecule has 0 fully saturated rings. The molecule has 0 atom stereocenters. The number of rotatable bonds is 2. The Morgan fingerprint density at radius 1 is 1.15 bits per heavy atom. The van der Waals surface area contributed by atoms with Crippen LogP contribution < -0.4 is 10.5 Å². The number of Topliss-reactive ketones (excluding diaryl/α,β-unsaturated/α-hetero) is 1. The Hall–Kier alpha value is -2.45. The van der Waals surface area contributed by atoms with Crippen molar-refractivity contribution in [2.45, 2.75) is 43.5 Å². The Kier molecular flexibility index (Phi) is 3.61. The molecular formula is C18H20N4O3S. The van der Waals surface area contributed by atoms with Gasteiger partial charge < -0.3 is 10.3 Å². The largest absolute Gasteiger partial charge is 0.378 e. The fourth-order valence-corrected chi connectivity index (χ4v) is 4.08. The van der Waals surface area contributed by atoms with Crippen molar-refractivity contribution in [3.05, 3.63) is 41.2 Å². The third-order valence-corrected chi connectivity index (χ3v) is 5.73. The van der Waals surface area contributed by atoms with Gasteiger partial charge in [-0.3, -0.25) is 4.79 Å². The summed E-state index contributed by atoms with van der Waals surface area (Å²) in [7, 11) is -3.72. The molecule has 2 heterocycles. The molecule has 0 radical (unpaired) electrons. The topological polar surface area (TPSA) is 118 Å². The first-order valence-corrected chi connectivity index (χ1v) is 9.96. The number of nitrogens with zero attached hydrogens (tertiary/aromatic N) is 1. The summed E-state index contributed by atoms with van der Waals surface area (Å²) in [4.78, 5) is 20.5. The molecule has 7 nitrogen and oxygen atoms in total. The van der Waals surface area contributed by atoms with Crippen LogP contribution in [-0.4, -0.2) is 29.7 Å². The van der Waals surface area contributed by atoms with Gasteiger partial charge in [-0.2, -0.15) is 0 Å². The highest BCUT2D eigenvalue weighted by Gasteiger charge is 2.36. The average molecular weight is 372 g/mol. The molecule has 0 saturated carbocycles. The highest BCUT2D eigenvalue weighted by Crippen LogP contribution is 2.36. The first kappa shape index (κ1) is 17.0. The third kappa shape index (κ3) is 2.85. The molecule has 2 aromatic rings. The lowest BCUT2D eigenvalue weighted by Gasteiger charge is -2.36. The number of allylic oxidation sites excluding steroid dienone is 1. The maximum atomic E-state index is 12.5. The van der Waals surface area contributed by atoms with Crippen LogP contribution in [-0.2, 0) is 21.2 Å². The first-order chi connectivity index (χ1) is 12.1. The molecule has 0 amide bonds. The van der Waals surface area contributed by atoms with E-state index >= 15 is 0 Å². The SMILES string of the molecule is CC1(C)CC(=O)C2=C(N1)c1[nH]c(-c3ccc(S(N)(=O)=O)cc3)nc1CC2. The van der Waals surface area contributed by atoms with E-state index < -0.39 is 10.0 Å². The Balaban J connectivity index is 1.75. The lowest BCUT2D eigenvalue weighted by Crippen LogP contribution is -2.45. The number of ketones is 1. The second-order valence-electron chi connectivity index (χ2n) is 7.44. The molecule has 136 valence electrons. The van der Waals surface area contributed by atoms with Crippen molar-refractivity contribution < 1.29 is 13.2 Å². The summed E-state index contributed by atoms with van der Waals surface area (Å²) in [6.07, 6.45) is 1.86. The summed E-state index contributed by atoms with van der Waals surface area (Å²) in [6, 6.07) is 6.26. The monoisotopic (exact) mass is 372 g/mol. The Morgan fingerprint density at radius 2 is 1.85 bits per heavy atom. The van der Waals surface area contributed by atoms with Gasteiger partial charge in [0.2, 0.25) is 10.0 Å². The van der Waals surface area contributed by atoms with Crippen LogP contribution >= 0.6 is 0 Å². The van der Waals surface area contributed by atoms with Crippen LogP contribution in [0.4, 0.5) is 0 Å². The summed E-state index contributed by atoms with van der Waals surface area (Å²) < 4.78 is 22.8. The van der Waals surface area contributed by atoms with E-state index in [1.54, 1.807) is 12.1 Å². The minimum atomic E-state index is -3.72. The summed E-state index contributed by atoms with van der Waals surface area (Å²) in [5.74, 6) is 0.824. The molecule has 4 N–H and O–H groups in total. The molecule has 8 heteroatoms. The van der Waals surface area contributed by atoms with E-state index in [-0.39, 0.29) is 16.2 Å². The van der Waals surface area contributed by atoms with Gasteiger partial charge in [-0.05, 0) is 51.0 Å². The second-order valence-corrected chi connectivity index (χ2v) is 9.00. The van der Waals surface area contributed by atoms with Crippen LogP contribution in [0.1, 0.15) is 38.1 Å². The molecule has 1 aromatic heterocycles. The molecule has 1 aliphatic heterocycles. The number of aromatic nitrogens is 2. The lowest BCUT2D eigenvalue weighted by atomic mass is 9.83. The van der Waals surface area contributed by atoms with E-state index in [1.807, 2.05) is 13.8 Å². The predicted octanol–water partition coefficient (Wildman–Crippen LogP) is 1.72. The zero-order chi connectivity index (χ0) is 18.7. The van der Waals surface area contributed by atoms with E-state index in [0.29, 0.717) is 25.1 Å². The van der Waals surface area contributed by atoms with Gasteiger partial charge in [0, 0.05) is 23.1 Å². The highest BCUT2D eigenvalue weighted by molar-refractivity contribution is 7.89. The number of fused-ring (bicyclic) bond motifs is 2. The first-order valence-electron chi connectivity index (χ1n) is 8.41. The number of aromatic amines is 1. The fourth-order valence-electron chi connectivity index (χ4n) is 3.56.